The zero-order valence-electron chi connectivity index (χ0n) is 5.52. The molecule has 0 radical (unpaired) electrons. The van der Waals surface area contributed by atoms with E-state index in [-0.39, 0.29) is 11.5 Å². The average Bonchev–Trinajstić information content (AvgIpc) is 2.17. The summed E-state index contributed by atoms with van der Waals surface area (Å²) < 4.78 is 30.9. The molecule has 2 heterocycles. The second kappa shape index (κ2) is 1.88. The first-order valence-electron chi connectivity index (χ1n) is 3.14. The van der Waals surface area contributed by atoms with Crippen LogP contribution in [0.3, 0.4) is 0 Å². The molecule has 11 heavy (non-hydrogen) atoms. The first-order valence-corrected chi connectivity index (χ1v) is 4.97. The van der Waals surface area contributed by atoms with Crippen LogP contribution in [-0.2, 0) is 19.3 Å². The summed E-state index contributed by atoms with van der Waals surface area (Å²) in [6, 6.07) is 0. The number of ether oxygens (including phenoxy) is 2. The summed E-state index contributed by atoms with van der Waals surface area (Å²) in [6.45, 7) is 0. The Labute approximate surface area is 63.2 Å². The minimum Gasteiger partial charge on any atom is -0.426 e. The highest BCUT2D eigenvalue weighted by Gasteiger charge is 2.47. The van der Waals surface area contributed by atoms with Crippen LogP contribution in [0, 0.1) is 0 Å². The van der Waals surface area contributed by atoms with Crippen molar-refractivity contribution in [1.29, 1.82) is 0 Å². The van der Waals surface area contributed by atoms with E-state index in [4.69, 9.17) is 0 Å². The Morgan fingerprint density at radius 2 is 1.64 bits per heavy atom. The summed E-state index contributed by atoms with van der Waals surface area (Å²) in [7, 11) is -3.03. The van der Waals surface area contributed by atoms with Crippen LogP contribution in [0.2, 0.25) is 0 Å². The van der Waals surface area contributed by atoms with Crippen molar-refractivity contribution in [2.75, 3.05) is 11.5 Å². The Hall–Kier alpha value is -0.780. The predicted molar refractivity (Wildman–Crippen MR) is 33.8 cm³/mol. The molecule has 2 fully saturated rings. The summed E-state index contributed by atoms with van der Waals surface area (Å²) >= 11 is 0. The van der Waals surface area contributed by atoms with E-state index in [2.05, 4.69) is 9.47 Å². The number of hydrogen-bond acceptors (Lipinski definition) is 5. The molecule has 0 saturated carbocycles. The molecule has 2 rings (SSSR count). The van der Waals surface area contributed by atoms with Gasteiger partial charge in [0.15, 0.2) is 22.0 Å². The fraction of sp³-hybridized carbons (Fsp3) is 0.800. The van der Waals surface area contributed by atoms with Gasteiger partial charge in [-0.3, -0.25) is 0 Å². The molecule has 0 aliphatic carbocycles. The van der Waals surface area contributed by atoms with Crippen molar-refractivity contribution < 1.29 is 22.7 Å². The number of carbonyl (C=O) groups excluding carboxylic acids is 1. The van der Waals surface area contributed by atoms with Crippen molar-refractivity contribution in [2.45, 2.75) is 12.2 Å². The Morgan fingerprint density at radius 3 is 2.09 bits per heavy atom. The quantitative estimate of drug-likeness (QED) is 0.459. The smallest absolute Gasteiger partial charge is 0.426 e. The van der Waals surface area contributed by atoms with E-state index < -0.39 is 28.2 Å². The maximum absolute atomic E-state index is 10.9. The van der Waals surface area contributed by atoms with Crippen molar-refractivity contribution in [2.24, 2.45) is 0 Å². The minimum atomic E-state index is -3.03. The molecule has 0 aromatic carbocycles. The van der Waals surface area contributed by atoms with Gasteiger partial charge in [-0.25, -0.2) is 13.2 Å². The number of sulfone groups is 1. The molecule has 0 aromatic heterocycles. The maximum atomic E-state index is 10.9. The first-order chi connectivity index (χ1) is 5.07. The molecular weight excluding hydrogens is 172 g/mol. The van der Waals surface area contributed by atoms with Gasteiger partial charge in [-0.2, -0.15) is 0 Å². The van der Waals surface area contributed by atoms with Crippen LogP contribution in [0.1, 0.15) is 0 Å². The predicted octanol–water partition coefficient (Wildman–Crippen LogP) is -0.681. The molecular formula is C5H6O5S. The lowest BCUT2D eigenvalue weighted by atomic mass is 10.3. The first kappa shape index (κ1) is 6.90. The third-order valence-electron chi connectivity index (χ3n) is 1.75. The van der Waals surface area contributed by atoms with E-state index in [1.54, 1.807) is 0 Å². The Bertz CT molecular complexity index is 270. The van der Waals surface area contributed by atoms with Crippen molar-refractivity contribution in [3.63, 3.8) is 0 Å². The van der Waals surface area contributed by atoms with E-state index in [0.29, 0.717) is 0 Å². The van der Waals surface area contributed by atoms with Gasteiger partial charge < -0.3 is 9.47 Å². The molecule has 2 atom stereocenters. The Balaban J connectivity index is 2.22. The summed E-state index contributed by atoms with van der Waals surface area (Å²) in [4.78, 5) is 10.4. The van der Waals surface area contributed by atoms with E-state index in [9.17, 15) is 13.2 Å². The summed E-state index contributed by atoms with van der Waals surface area (Å²) in [5, 5.41) is 0. The molecule has 62 valence electrons. The fourth-order valence-electron chi connectivity index (χ4n) is 1.28. The molecule has 2 aliphatic rings. The molecule has 0 spiro atoms. The number of carbonyl (C=O) groups is 1. The zero-order valence-corrected chi connectivity index (χ0v) is 6.33. The highest BCUT2D eigenvalue weighted by Crippen LogP contribution is 2.24. The van der Waals surface area contributed by atoms with Crippen LogP contribution < -0.4 is 0 Å². The van der Waals surface area contributed by atoms with Gasteiger partial charge in [-0.15, -0.1) is 0 Å². The second-order valence-corrected chi connectivity index (χ2v) is 4.79. The lowest BCUT2D eigenvalue weighted by molar-refractivity contribution is 0.118. The molecule has 2 unspecified atom stereocenters. The summed E-state index contributed by atoms with van der Waals surface area (Å²) in [5.74, 6) is -0.188. The molecule has 0 bridgehead atoms. The molecule has 2 saturated heterocycles. The van der Waals surface area contributed by atoms with E-state index in [1.807, 2.05) is 0 Å². The largest absolute Gasteiger partial charge is 0.509 e. The van der Waals surface area contributed by atoms with Crippen LogP contribution >= 0.6 is 0 Å². The van der Waals surface area contributed by atoms with Gasteiger partial charge in [-0.05, 0) is 0 Å². The van der Waals surface area contributed by atoms with Gasteiger partial charge in [0.2, 0.25) is 0 Å². The van der Waals surface area contributed by atoms with Gasteiger partial charge in [-0.1, -0.05) is 0 Å². The molecule has 5 nitrogen and oxygen atoms in total. The summed E-state index contributed by atoms with van der Waals surface area (Å²) in [6.07, 6.45) is -1.88. The summed E-state index contributed by atoms with van der Waals surface area (Å²) in [5.41, 5.74) is 0. The Kier molecular flexibility index (Phi) is 1.18. The Morgan fingerprint density at radius 1 is 1.18 bits per heavy atom. The van der Waals surface area contributed by atoms with E-state index in [1.165, 1.54) is 0 Å². The SMILES string of the molecule is O=C1OC2CS(=O)(=O)CC2O1. The van der Waals surface area contributed by atoms with Crippen LogP contribution in [0.4, 0.5) is 4.79 Å². The molecule has 0 N–H and O–H groups in total. The van der Waals surface area contributed by atoms with Gasteiger partial charge >= 0.3 is 6.16 Å². The lowest BCUT2D eigenvalue weighted by Crippen LogP contribution is -2.18. The van der Waals surface area contributed by atoms with E-state index in [0.717, 1.165) is 0 Å². The van der Waals surface area contributed by atoms with Gasteiger partial charge in [0.1, 0.15) is 0 Å². The monoisotopic (exact) mass is 178 g/mol. The topological polar surface area (TPSA) is 69.7 Å². The van der Waals surface area contributed by atoms with Gasteiger partial charge in [0.05, 0.1) is 11.5 Å². The standard InChI is InChI=1S/C5H6O5S/c6-5-9-3-1-11(7,8)2-4(3)10-5/h3-4H,1-2H2. The second-order valence-electron chi connectivity index (χ2n) is 2.64. The van der Waals surface area contributed by atoms with Crippen molar-refractivity contribution >= 4 is 16.0 Å². The zero-order chi connectivity index (χ0) is 8.06. The van der Waals surface area contributed by atoms with Gasteiger partial charge in [0.25, 0.3) is 0 Å². The highest BCUT2D eigenvalue weighted by atomic mass is 32.2. The number of rotatable bonds is 0. The minimum absolute atomic E-state index is 0.0938. The van der Waals surface area contributed by atoms with Crippen molar-refractivity contribution in [3.05, 3.63) is 0 Å². The number of hydrogen-bond donors (Lipinski definition) is 0. The number of fused-ring (bicyclic) bond motifs is 1. The van der Waals surface area contributed by atoms with Crippen LogP contribution in [0.15, 0.2) is 0 Å². The molecule has 6 heteroatoms. The molecule has 0 aromatic rings. The van der Waals surface area contributed by atoms with Gasteiger partial charge in [0, 0.05) is 0 Å². The normalized spacial score (nSPS) is 39.5. The van der Waals surface area contributed by atoms with Crippen LogP contribution in [-0.4, -0.2) is 38.3 Å². The van der Waals surface area contributed by atoms with Crippen LogP contribution in [0.5, 0.6) is 0 Å². The third kappa shape index (κ3) is 1.07. The fourth-order valence-corrected chi connectivity index (χ4v) is 2.98. The lowest BCUT2D eigenvalue weighted by Gasteiger charge is -1.97. The molecule has 2 aliphatic heterocycles. The van der Waals surface area contributed by atoms with Crippen molar-refractivity contribution in [1.82, 2.24) is 0 Å². The average molecular weight is 178 g/mol. The van der Waals surface area contributed by atoms with Crippen LogP contribution in [0.25, 0.3) is 0 Å². The maximum Gasteiger partial charge on any atom is 0.509 e. The third-order valence-corrected chi connectivity index (χ3v) is 3.42. The molecule has 0 amide bonds. The highest BCUT2D eigenvalue weighted by molar-refractivity contribution is 7.91. The van der Waals surface area contributed by atoms with Crippen molar-refractivity contribution in [3.8, 4) is 0 Å². The van der Waals surface area contributed by atoms with E-state index >= 15 is 0 Å².